The van der Waals surface area contributed by atoms with Crippen molar-refractivity contribution in [1.29, 1.82) is 0 Å². The van der Waals surface area contributed by atoms with Crippen LogP contribution in [0.1, 0.15) is 41.5 Å². The van der Waals surface area contributed by atoms with Crippen LogP contribution in [0, 0.1) is 5.82 Å². The van der Waals surface area contributed by atoms with E-state index in [0.29, 0.717) is 24.1 Å². The van der Waals surface area contributed by atoms with Crippen LogP contribution in [-0.2, 0) is 17.6 Å². The molecular weight excluding hydrogens is 447 g/mol. The first-order valence-electron chi connectivity index (χ1n) is 11.5. The number of nitrogens with one attached hydrogen (secondary N) is 3. The van der Waals surface area contributed by atoms with Gasteiger partial charge in [-0.25, -0.2) is 9.37 Å². The summed E-state index contributed by atoms with van der Waals surface area (Å²) in [5, 5.41) is 5.58. The fourth-order valence-electron chi connectivity index (χ4n) is 3.74. The number of amides is 2. The minimum Gasteiger partial charge on any atom is -0.494 e. The van der Waals surface area contributed by atoms with Crippen LogP contribution in [-0.4, -0.2) is 28.9 Å². The Bertz CT molecular complexity index is 1350. The van der Waals surface area contributed by atoms with Crippen LogP contribution >= 0.6 is 0 Å². The molecule has 2 amide bonds. The minimum absolute atomic E-state index is 0.0201. The zero-order valence-corrected chi connectivity index (χ0v) is 19.7. The average molecular weight is 475 g/mol. The summed E-state index contributed by atoms with van der Waals surface area (Å²) in [7, 11) is 1.39. The summed E-state index contributed by atoms with van der Waals surface area (Å²) in [6, 6.07) is 17.3. The predicted octanol–water partition coefficient (Wildman–Crippen LogP) is 5.49. The van der Waals surface area contributed by atoms with Crippen molar-refractivity contribution in [1.82, 2.24) is 9.97 Å². The number of anilines is 2. The van der Waals surface area contributed by atoms with Gasteiger partial charge in [0, 0.05) is 35.8 Å². The second-order valence-electron chi connectivity index (χ2n) is 8.21. The fraction of sp³-hybridized carbons (Fsp3) is 0.222. The zero-order chi connectivity index (χ0) is 24.8. The van der Waals surface area contributed by atoms with E-state index in [2.05, 4.69) is 20.6 Å². The zero-order valence-electron chi connectivity index (χ0n) is 19.7. The number of benzene rings is 3. The Balaban J connectivity index is 1.38. The number of ether oxygens (including phenoxy) is 1. The number of carbonyl (C=O) groups excluding carboxylic acids is 2. The fourth-order valence-corrected chi connectivity index (χ4v) is 3.74. The first-order valence-corrected chi connectivity index (χ1v) is 11.5. The first kappa shape index (κ1) is 23.9. The number of carbonyl (C=O) groups is 2. The van der Waals surface area contributed by atoms with Crippen LogP contribution in [0.4, 0.5) is 15.8 Å². The molecule has 0 spiro atoms. The van der Waals surface area contributed by atoms with Crippen molar-refractivity contribution in [2.75, 3.05) is 17.7 Å². The Morgan fingerprint density at radius 2 is 1.74 bits per heavy atom. The molecule has 8 heteroatoms. The lowest BCUT2D eigenvalue weighted by molar-refractivity contribution is -0.116. The lowest BCUT2D eigenvalue weighted by Gasteiger charge is -2.07. The highest BCUT2D eigenvalue weighted by molar-refractivity contribution is 6.06. The van der Waals surface area contributed by atoms with E-state index in [9.17, 15) is 14.0 Å². The Kier molecular flexibility index (Phi) is 7.40. The average Bonchev–Trinajstić information content (AvgIpc) is 3.26. The molecule has 4 rings (SSSR count). The number of imidazole rings is 1. The molecule has 0 fully saturated rings. The molecule has 0 radical (unpaired) electrons. The molecule has 0 atom stereocenters. The van der Waals surface area contributed by atoms with Gasteiger partial charge in [-0.05, 0) is 60.9 Å². The van der Waals surface area contributed by atoms with E-state index < -0.39 is 5.82 Å². The van der Waals surface area contributed by atoms with Gasteiger partial charge < -0.3 is 20.4 Å². The van der Waals surface area contributed by atoms with Gasteiger partial charge in [-0.2, -0.15) is 0 Å². The second kappa shape index (κ2) is 10.8. The number of nitrogens with zero attached hydrogens (tertiary/aromatic N) is 1. The molecule has 1 aromatic heterocycles. The van der Waals surface area contributed by atoms with Gasteiger partial charge in [0.25, 0.3) is 5.91 Å². The number of H-pyrrole nitrogens is 1. The Morgan fingerprint density at radius 1 is 0.971 bits per heavy atom. The van der Waals surface area contributed by atoms with Gasteiger partial charge in [0.15, 0.2) is 11.6 Å². The maximum Gasteiger partial charge on any atom is 0.255 e. The highest BCUT2D eigenvalue weighted by Gasteiger charge is 2.11. The van der Waals surface area contributed by atoms with Crippen LogP contribution in [0.2, 0.25) is 0 Å². The molecule has 0 aliphatic rings. The first-order chi connectivity index (χ1) is 16.9. The highest BCUT2D eigenvalue weighted by atomic mass is 19.1. The summed E-state index contributed by atoms with van der Waals surface area (Å²) in [5.74, 6) is 0.0551. The quantitative estimate of drug-likeness (QED) is 0.299. The van der Waals surface area contributed by atoms with E-state index in [1.54, 1.807) is 24.3 Å². The smallest absolute Gasteiger partial charge is 0.255 e. The molecule has 0 aliphatic carbocycles. The van der Waals surface area contributed by atoms with Gasteiger partial charge >= 0.3 is 0 Å². The van der Waals surface area contributed by atoms with Crippen LogP contribution in [0.25, 0.3) is 11.0 Å². The SMILES string of the molecule is CCCC(=O)Nc1ccc(CCc2nc3ccc(C(=O)Nc4ccc(OC)c(F)c4)cc3[nH]2)cc1. The van der Waals surface area contributed by atoms with Gasteiger partial charge in [-0.15, -0.1) is 0 Å². The van der Waals surface area contributed by atoms with E-state index in [1.807, 2.05) is 31.2 Å². The molecule has 0 saturated carbocycles. The van der Waals surface area contributed by atoms with Crippen LogP contribution in [0.15, 0.2) is 60.7 Å². The minimum atomic E-state index is -0.546. The molecule has 3 aromatic carbocycles. The van der Waals surface area contributed by atoms with E-state index in [0.717, 1.165) is 41.0 Å². The molecule has 0 bridgehead atoms. The number of hydrogen-bond donors (Lipinski definition) is 3. The maximum atomic E-state index is 13.9. The molecule has 1 heterocycles. The molecule has 4 aromatic rings. The molecule has 0 aliphatic heterocycles. The standard InChI is InChI=1S/C27H27FN4O3/c1-3-4-26(33)29-19-9-5-17(6-10-19)7-14-25-31-22-12-8-18(15-23(22)32-25)27(34)30-20-11-13-24(35-2)21(28)16-20/h5-6,8-13,15-16H,3-4,7,14H2,1-2H3,(H,29,33)(H,30,34)(H,31,32). The van der Waals surface area contributed by atoms with Gasteiger partial charge in [-0.1, -0.05) is 19.1 Å². The highest BCUT2D eigenvalue weighted by Crippen LogP contribution is 2.22. The van der Waals surface area contributed by atoms with Crippen molar-refractivity contribution >= 4 is 34.2 Å². The molecule has 35 heavy (non-hydrogen) atoms. The number of methoxy groups -OCH3 is 1. The van der Waals surface area contributed by atoms with Crippen molar-refractivity contribution < 1.29 is 18.7 Å². The lowest BCUT2D eigenvalue weighted by Crippen LogP contribution is -2.12. The van der Waals surface area contributed by atoms with E-state index >= 15 is 0 Å². The number of fused-ring (bicyclic) bond motifs is 1. The number of aromatic amines is 1. The largest absolute Gasteiger partial charge is 0.494 e. The van der Waals surface area contributed by atoms with E-state index in [1.165, 1.54) is 19.2 Å². The summed E-state index contributed by atoms with van der Waals surface area (Å²) < 4.78 is 18.8. The van der Waals surface area contributed by atoms with Gasteiger partial charge in [0.05, 0.1) is 18.1 Å². The van der Waals surface area contributed by atoms with Crippen molar-refractivity contribution in [2.24, 2.45) is 0 Å². The summed E-state index contributed by atoms with van der Waals surface area (Å²) >= 11 is 0. The Labute approximate surface area is 202 Å². The van der Waals surface area contributed by atoms with Crippen LogP contribution in [0.5, 0.6) is 5.75 Å². The monoisotopic (exact) mass is 474 g/mol. The van der Waals surface area contributed by atoms with Crippen molar-refractivity contribution in [3.8, 4) is 5.75 Å². The Morgan fingerprint density at radius 3 is 2.46 bits per heavy atom. The predicted molar refractivity (Wildman–Crippen MR) is 134 cm³/mol. The second-order valence-corrected chi connectivity index (χ2v) is 8.21. The molecule has 7 nitrogen and oxygen atoms in total. The molecular formula is C27H27FN4O3. The third kappa shape index (κ3) is 6.03. The number of halogens is 1. The molecule has 3 N–H and O–H groups in total. The molecule has 0 unspecified atom stereocenters. The van der Waals surface area contributed by atoms with Gasteiger partial charge in [-0.3, -0.25) is 9.59 Å². The summed E-state index contributed by atoms with van der Waals surface area (Å²) in [4.78, 5) is 32.3. The van der Waals surface area contributed by atoms with E-state index in [-0.39, 0.29) is 17.6 Å². The third-order valence-corrected chi connectivity index (χ3v) is 5.57. The third-order valence-electron chi connectivity index (χ3n) is 5.57. The molecule has 0 saturated heterocycles. The Hall–Kier alpha value is -4.20. The van der Waals surface area contributed by atoms with Gasteiger partial charge in [0.1, 0.15) is 5.82 Å². The van der Waals surface area contributed by atoms with Gasteiger partial charge in [0.2, 0.25) is 5.91 Å². The number of aryl methyl sites for hydroxylation is 2. The summed E-state index contributed by atoms with van der Waals surface area (Å²) in [6.07, 6.45) is 2.80. The number of hydrogen-bond acceptors (Lipinski definition) is 4. The summed E-state index contributed by atoms with van der Waals surface area (Å²) in [6.45, 7) is 1.97. The normalized spacial score (nSPS) is 10.8. The van der Waals surface area contributed by atoms with Crippen LogP contribution < -0.4 is 15.4 Å². The summed E-state index contributed by atoms with van der Waals surface area (Å²) in [5.41, 5.74) is 4.22. The number of aromatic nitrogens is 2. The molecule has 180 valence electrons. The van der Waals surface area contributed by atoms with Crippen molar-refractivity contribution in [3.63, 3.8) is 0 Å². The van der Waals surface area contributed by atoms with Crippen LogP contribution in [0.3, 0.4) is 0 Å². The van der Waals surface area contributed by atoms with E-state index in [4.69, 9.17) is 4.74 Å². The lowest BCUT2D eigenvalue weighted by atomic mass is 10.1. The topological polar surface area (TPSA) is 96.1 Å². The van der Waals surface area contributed by atoms with Crippen molar-refractivity contribution in [2.45, 2.75) is 32.6 Å². The number of rotatable bonds is 9. The van der Waals surface area contributed by atoms with Crippen molar-refractivity contribution in [3.05, 3.63) is 83.4 Å². The maximum absolute atomic E-state index is 13.9.